The number of Topliss-reactive ketones (excluding diaryl/α,β-unsaturated/α-hetero) is 2. The molecule has 0 heterocycles. The van der Waals surface area contributed by atoms with Crippen LogP contribution in [0.3, 0.4) is 0 Å². The van der Waals surface area contributed by atoms with Crippen molar-refractivity contribution in [2.24, 2.45) is 0 Å². The molecule has 0 saturated carbocycles. The zero-order valence-electron chi connectivity index (χ0n) is 21.8. The van der Waals surface area contributed by atoms with E-state index in [2.05, 4.69) is 23.7 Å². The number of carbonyl (C=O) groups is 2. The third-order valence-electron chi connectivity index (χ3n) is 4.70. The highest BCUT2D eigenvalue weighted by molar-refractivity contribution is 6.13. The number of unbranched alkanes of at least 4 members (excludes halogenated alkanes) is 2. The summed E-state index contributed by atoms with van der Waals surface area (Å²) in [6, 6.07) is 0. The first-order chi connectivity index (χ1) is 16.2. The molecule has 8 heteroatoms. The van der Waals surface area contributed by atoms with Gasteiger partial charge in [-0.15, -0.1) is 0 Å². The maximum Gasteiger partial charge on any atom is 0.254 e. The maximum atomic E-state index is 12.4. The fourth-order valence-electron chi connectivity index (χ4n) is 3.25. The van der Waals surface area contributed by atoms with Crippen molar-refractivity contribution in [2.45, 2.75) is 110 Å². The first-order valence-electron chi connectivity index (χ1n) is 11.9. The lowest BCUT2D eigenvalue weighted by molar-refractivity contribution is -0.143. The van der Waals surface area contributed by atoms with E-state index in [1.165, 1.54) is 0 Å². The molecule has 2 unspecified atom stereocenters. The van der Waals surface area contributed by atoms with Crippen molar-refractivity contribution in [3.63, 3.8) is 0 Å². The summed E-state index contributed by atoms with van der Waals surface area (Å²) in [5.41, 5.74) is -4.04. The minimum atomic E-state index is -2.02. The molecule has 0 fully saturated rings. The molecular formula is C27H36O8. The summed E-state index contributed by atoms with van der Waals surface area (Å²) in [7, 11) is 0. The minimum absolute atomic E-state index is 0.00284. The molecule has 2 aliphatic rings. The third-order valence-corrected chi connectivity index (χ3v) is 4.70. The molecule has 2 atom stereocenters. The minimum Gasteiger partial charge on any atom is -0.487 e. The molecule has 8 nitrogen and oxygen atoms in total. The Morgan fingerprint density at radius 1 is 0.629 bits per heavy atom. The van der Waals surface area contributed by atoms with E-state index in [0.717, 1.165) is 0 Å². The van der Waals surface area contributed by atoms with Gasteiger partial charge >= 0.3 is 0 Å². The Morgan fingerprint density at radius 3 is 1.23 bits per heavy atom. The lowest BCUT2D eigenvalue weighted by atomic mass is 9.83. The molecule has 0 bridgehead atoms. The maximum absolute atomic E-state index is 12.4. The van der Waals surface area contributed by atoms with Gasteiger partial charge in [0.15, 0.2) is 11.5 Å². The summed E-state index contributed by atoms with van der Waals surface area (Å²) in [5, 5.41) is 21.4. The predicted molar refractivity (Wildman–Crippen MR) is 128 cm³/mol. The molecule has 2 rings (SSSR count). The highest BCUT2D eigenvalue weighted by Gasteiger charge is 2.57. The van der Waals surface area contributed by atoms with Gasteiger partial charge in [0.05, 0.1) is 24.4 Å². The van der Waals surface area contributed by atoms with Gasteiger partial charge in [-0.05, 0) is 61.8 Å². The van der Waals surface area contributed by atoms with Crippen molar-refractivity contribution in [2.75, 3.05) is 0 Å². The Labute approximate surface area is 207 Å². The van der Waals surface area contributed by atoms with Gasteiger partial charge in [0.25, 0.3) is 22.8 Å². The summed E-state index contributed by atoms with van der Waals surface area (Å²) >= 11 is 0. The smallest absolute Gasteiger partial charge is 0.254 e. The number of ether oxygens (including phenoxy) is 4. The fourth-order valence-corrected chi connectivity index (χ4v) is 3.25. The van der Waals surface area contributed by atoms with Crippen LogP contribution in [0.4, 0.5) is 0 Å². The van der Waals surface area contributed by atoms with Crippen LogP contribution < -0.4 is 0 Å². The zero-order chi connectivity index (χ0) is 26.6. The van der Waals surface area contributed by atoms with Gasteiger partial charge in [0, 0.05) is 12.8 Å². The van der Waals surface area contributed by atoms with Crippen molar-refractivity contribution in [3.8, 4) is 23.7 Å². The van der Waals surface area contributed by atoms with E-state index in [4.69, 9.17) is 18.9 Å². The van der Waals surface area contributed by atoms with Gasteiger partial charge in [-0.1, -0.05) is 23.7 Å². The average molecular weight is 489 g/mol. The summed E-state index contributed by atoms with van der Waals surface area (Å²) < 4.78 is 22.1. The quantitative estimate of drug-likeness (QED) is 0.357. The van der Waals surface area contributed by atoms with Crippen LogP contribution in [-0.4, -0.2) is 57.4 Å². The number of ketones is 2. The van der Waals surface area contributed by atoms with Crippen molar-refractivity contribution in [3.05, 3.63) is 23.0 Å². The lowest BCUT2D eigenvalue weighted by Crippen LogP contribution is -2.52. The van der Waals surface area contributed by atoms with E-state index in [9.17, 15) is 19.8 Å². The van der Waals surface area contributed by atoms with Crippen molar-refractivity contribution >= 4 is 11.6 Å². The van der Waals surface area contributed by atoms with Crippen LogP contribution in [0, 0.1) is 23.7 Å². The average Bonchev–Trinajstić information content (AvgIpc) is 2.76. The first-order valence-corrected chi connectivity index (χ1v) is 11.9. The van der Waals surface area contributed by atoms with E-state index in [1.807, 2.05) is 0 Å². The molecule has 2 aliphatic carbocycles. The van der Waals surface area contributed by atoms with Gasteiger partial charge in [-0.3, -0.25) is 9.59 Å². The van der Waals surface area contributed by atoms with Crippen LogP contribution >= 0.6 is 0 Å². The van der Waals surface area contributed by atoms with Crippen LogP contribution in [0.2, 0.25) is 0 Å². The number of carbonyl (C=O) groups excluding carboxylic acids is 2. The number of aliphatic hydroxyl groups is 2. The summed E-state index contributed by atoms with van der Waals surface area (Å²) in [6.07, 6.45) is 0.130. The molecule has 192 valence electrons. The van der Waals surface area contributed by atoms with E-state index in [1.54, 1.807) is 55.4 Å². The van der Waals surface area contributed by atoms with Crippen molar-refractivity contribution < 1.29 is 38.7 Å². The number of hydrogen-bond donors (Lipinski definition) is 2. The molecule has 2 N–H and O–H groups in total. The van der Waals surface area contributed by atoms with Gasteiger partial charge in [-0.2, -0.15) is 0 Å². The molecule has 0 amide bonds. The van der Waals surface area contributed by atoms with E-state index >= 15 is 0 Å². The van der Waals surface area contributed by atoms with E-state index in [-0.39, 0.29) is 47.5 Å². The molecule has 0 aromatic heterocycles. The highest BCUT2D eigenvalue weighted by Crippen LogP contribution is 2.39. The van der Waals surface area contributed by atoms with E-state index in [0.29, 0.717) is 19.3 Å². The molecule has 0 aromatic carbocycles. The molecule has 0 spiro atoms. The van der Waals surface area contributed by atoms with Crippen LogP contribution in [0.15, 0.2) is 23.0 Å². The van der Waals surface area contributed by atoms with Crippen molar-refractivity contribution in [1.29, 1.82) is 0 Å². The summed E-state index contributed by atoms with van der Waals surface area (Å²) in [5.74, 6) is 9.60. The van der Waals surface area contributed by atoms with Crippen LogP contribution in [0.25, 0.3) is 0 Å². The Kier molecular flexibility index (Phi) is 9.06. The largest absolute Gasteiger partial charge is 0.487 e. The Hall–Kier alpha value is -2.94. The monoisotopic (exact) mass is 488 g/mol. The van der Waals surface area contributed by atoms with Crippen LogP contribution in [0.5, 0.6) is 0 Å². The molecule has 0 aliphatic heterocycles. The van der Waals surface area contributed by atoms with Crippen LogP contribution in [-0.2, 0) is 28.5 Å². The highest BCUT2D eigenvalue weighted by atomic mass is 16.6. The van der Waals surface area contributed by atoms with Gasteiger partial charge in [-0.25, -0.2) is 0 Å². The molecule has 35 heavy (non-hydrogen) atoms. The third kappa shape index (κ3) is 6.20. The molecule has 0 saturated heterocycles. The second-order valence-corrected chi connectivity index (χ2v) is 9.52. The second kappa shape index (κ2) is 11.2. The molecule has 0 aromatic rings. The standard InChI is InChI=1S/C27H36O8/c1-16(2)32-20-22(28)26(30,24(20)34-18(5)6)14-12-10-9-11-13-15-27(31)23(29)21(33-17(3)4)25(27)35-19(7)8/h16-19,30-31H,9-11H2,1-8H3. The van der Waals surface area contributed by atoms with Crippen molar-refractivity contribution in [1.82, 2.24) is 0 Å². The van der Waals surface area contributed by atoms with E-state index < -0.39 is 22.8 Å². The normalized spacial score (nSPS) is 23.6. The Bertz CT molecular complexity index is 943. The topological polar surface area (TPSA) is 112 Å². The lowest BCUT2D eigenvalue weighted by Gasteiger charge is -2.36. The van der Waals surface area contributed by atoms with Crippen LogP contribution in [0.1, 0.15) is 74.7 Å². The number of rotatable bonds is 10. The SMILES string of the molecule is CC(C)OC1=C(OC(C)C)C(O)(C#CCCCC#CC2(O)C(=O)C(OC(C)C)=C2OC(C)C)C1=O. The summed E-state index contributed by atoms with van der Waals surface area (Å²) in [6.45, 7) is 14.2. The predicted octanol–water partition coefficient (Wildman–Crippen LogP) is 2.91. The van der Waals surface area contributed by atoms with Gasteiger partial charge < -0.3 is 29.2 Å². The molecular weight excluding hydrogens is 452 g/mol. The number of hydrogen-bond acceptors (Lipinski definition) is 8. The second-order valence-electron chi connectivity index (χ2n) is 9.52. The fraction of sp³-hybridized carbons (Fsp3) is 0.630. The zero-order valence-corrected chi connectivity index (χ0v) is 21.8. The van der Waals surface area contributed by atoms with Gasteiger partial charge in [0.2, 0.25) is 11.5 Å². The van der Waals surface area contributed by atoms with Gasteiger partial charge in [0.1, 0.15) is 0 Å². The Balaban J connectivity index is 2.02. The first kappa shape index (κ1) is 28.3. The summed E-state index contributed by atoms with van der Waals surface area (Å²) in [4.78, 5) is 24.9. The Morgan fingerprint density at radius 2 is 0.943 bits per heavy atom. The molecule has 0 radical (unpaired) electrons.